The summed E-state index contributed by atoms with van der Waals surface area (Å²) in [7, 11) is 0. The number of halogens is 1. The van der Waals surface area contributed by atoms with Crippen LogP contribution in [0.2, 0.25) is 5.02 Å². The van der Waals surface area contributed by atoms with Crippen molar-refractivity contribution in [3.05, 3.63) is 77.3 Å². The van der Waals surface area contributed by atoms with Crippen molar-refractivity contribution < 1.29 is 4.79 Å². The quantitative estimate of drug-likeness (QED) is 0.540. The first kappa shape index (κ1) is 20.3. The smallest absolute Gasteiger partial charge is 0.230 e. The van der Waals surface area contributed by atoms with Gasteiger partial charge in [-0.3, -0.25) is 9.69 Å². The van der Waals surface area contributed by atoms with Gasteiger partial charge in [0, 0.05) is 35.6 Å². The molecule has 0 saturated carbocycles. The second kappa shape index (κ2) is 9.66. The van der Waals surface area contributed by atoms with Crippen molar-refractivity contribution >= 4 is 40.0 Å². The molecule has 1 amide bonds. The van der Waals surface area contributed by atoms with Crippen LogP contribution < -0.4 is 5.32 Å². The molecule has 1 fully saturated rings. The van der Waals surface area contributed by atoms with E-state index in [0.717, 1.165) is 42.4 Å². The van der Waals surface area contributed by atoms with Gasteiger partial charge in [-0.2, -0.15) is 0 Å². The topological polar surface area (TPSA) is 32.3 Å². The Kier molecular flexibility index (Phi) is 6.75. The lowest BCUT2D eigenvalue weighted by atomic mass is 10.0. The highest BCUT2D eigenvalue weighted by molar-refractivity contribution is 8.00. The Hall–Kier alpha value is -2.01. The van der Waals surface area contributed by atoms with Crippen molar-refractivity contribution in [1.29, 1.82) is 0 Å². The molecule has 3 nitrogen and oxygen atoms in total. The predicted molar refractivity (Wildman–Crippen MR) is 123 cm³/mol. The first-order valence-corrected chi connectivity index (χ1v) is 11.4. The van der Waals surface area contributed by atoms with Crippen molar-refractivity contribution in [2.45, 2.75) is 30.3 Å². The molecule has 0 radical (unpaired) electrons. The number of hydrogen-bond donors (Lipinski definition) is 1. The van der Waals surface area contributed by atoms with E-state index in [1.807, 2.05) is 24.3 Å². The van der Waals surface area contributed by atoms with E-state index in [4.69, 9.17) is 11.6 Å². The first-order chi connectivity index (χ1) is 14.2. The molecule has 0 atom stereocenters. The Morgan fingerprint density at radius 3 is 2.48 bits per heavy atom. The van der Waals surface area contributed by atoms with E-state index in [0.29, 0.717) is 5.75 Å². The van der Waals surface area contributed by atoms with Crippen LogP contribution in [0.4, 0.5) is 0 Å². The van der Waals surface area contributed by atoms with Gasteiger partial charge in [-0.25, -0.2) is 0 Å². The van der Waals surface area contributed by atoms with E-state index in [2.05, 4.69) is 52.7 Å². The first-order valence-electron chi connectivity index (χ1n) is 10.0. The summed E-state index contributed by atoms with van der Waals surface area (Å²) in [6, 6.07) is 23.0. The highest BCUT2D eigenvalue weighted by atomic mass is 35.5. The van der Waals surface area contributed by atoms with Crippen molar-refractivity contribution in [2.75, 3.05) is 18.8 Å². The SMILES string of the molecule is O=C(CSc1ccc2ccccc2c1)NC1CCN(Cc2ccc(Cl)cc2)CC1. The maximum absolute atomic E-state index is 12.4. The number of nitrogens with one attached hydrogen (secondary N) is 1. The van der Waals surface area contributed by atoms with Gasteiger partial charge in [0.05, 0.1) is 5.75 Å². The molecule has 1 aliphatic rings. The molecule has 1 saturated heterocycles. The number of carbonyl (C=O) groups is 1. The number of nitrogens with zero attached hydrogens (tertiary/aromatic N) is 1. The average Bonchev–Trinajstić information content (AvgIpc) is 2.75. The molecule has 0 aromatic heterocycles. The van der Waals surface area contributed by atoms with Gasteiger partial charge < -0.3 is 5.32 Å². The summed E-state index contributed by atoms with van der Waals surface area (Å²) in [6.07, 6.45) is 2.00. The number of benzene rings is 3. The predicted octanol–water partition coefficient (Wildman–Crippen LogP) is 5.37. The Balaban J connectivity index is 1.20. The molecule has 5 heteroatoms. The molecule has 29 heavy (non-hydrogen) atoms. The van der Waals surface area contributed by atoms with Gasteiger partial charge in [0.2, 0.25) is 5.91 Å². The molecule has 0 aliphatic carbocycles. The summed E-state index contributed by atoms with van der Waals surface area (Å²) in [5, 5.41) is 6.43. The monoisotopic (exact) mass is 424 g/mol. The second-order valence-corrected chi connectivity index (χ2v) is 9.03. The largest absolute Gasteiger partial charge is 0.353 e. The van der Waals surface area contributed by atoms with Gasteiger partial charge in [-0.05, 0) is 53.4 Å². The summed E-state index contributed by atoms with van der Waals surface area (Å²) in [4.78, 5) is 16.0. The third-order valence-corrected chi connectivity index (χ3v) is 6.61. The van der Waals surface area contributed by atoms with Crippen LogP contribution in [0.3, 0.4) is 0 Å². The van der Waals surface area contributed by atoms with Crippen LogP contribution in [0, 0.1) is 0 Å². The number of amides is 1. The van der Waals surface area contributed by atoms with Crippen LogP contribution in [0.15, 0.2) is 71.6 Å². The van der Waals surface area contributed by atoms with Gasteiger partial charge >= 0.3 is 0 Å². The van der Waals surface area contributed by atoms with E-state index >= 15 is 0 Å². The minimum atomic E-state index is 0.124. The molecular formula is C24H25ClN2OS. The fourth-order valence-corrected chi connectivity index (χ4v) is 4.64. The number of likely N-dealkylation sites (tertiary alicyclic amines) is 1. The lowest BCUT2D eigenvalue weighted by molar-refractivity contribution is -0.119. The number of carbonyl (C=O) groups excluding carboxylic acids is 1. The van der Waals surface area contributed by atoms with Crippen LogP contribution in [0.25, 0.3) is 10.8 Å². The summed E-state index contributed by atoms with van der Waals surface area (Å²) in [5.41, 5.74) is 1.28. The number of rotatable bonds is 6. The van der Waals surface area contributed by atoms with Crippen molar-refractivity contribution in [3.63, 3.8) is 0 Å². The van der Waals surface area contributed by atoms with Crippen molar-refractivity contribution in [3.8, 4) is 0 Å². The standard InChI is InChI=1S/C24H25ClN2OS/c25-21-8-5-18(6-9-21)16-27-13-11-22(12-14-27)26-24(28)17-29-23-10-7-19-3-1-2-4-20(19)15-23/h1-10,15,22H,11-14,16-17H2,(H,26,28). The van der Waals surface area contributed by atoms with E-state index < -0.39 is 0 Å². The molecule has 4 rings (SSSR count). The van der Waals surface area contributed by atoms with Crippen LogP contribution >= 0.6 is 23.4 Å². The zero-order valence-corrected chi connectivity index (χ0v) is 17.9. The maximum atomic E-state index is 12.4. The molecule has 1 heterocycles. The minimum absolute atomic E-state index is 0.124. The van der Waals surface area contributed by atoms with Crippen LogP contribution in [0.5, 0.6) is 0 Å². The summed E-state index contributed by atoms with van der Waals surface area (Å²) < 4.78 is 0. The molecule has 0 spiro atoms. The van der Waals surface area contributed by atoms with Gasteiger partial charge in [0.15, 0.2) is 0 Å². The Bertz CT molecular complexity index is 968. The molecule has 1 N–H and O–H groups in total. The summed E-state index contributed by atoms with van der Waals surface area (Å²) >= 11 is 7.56. The molecule has 0 bridgehead atoms. The third kappa shape index (κ3) is 5.75. The summed E-state index contributed by atoms with van der Waals surface area (Å²) in [5.74, 6) is 0.586. The lowest BCUT2D eigenvalue weighted by Crippen LogP contribution is -2.44. The fourth-order valence-electron chi connectivity index (χ4n) is 3.76. The minimum Gasteiger partial charge on any atom is -0.353 e. The highest BCUT2D eigenvalue weighted by Crippen LogP contribution is 2.23. The zero-order valence-electron chi connectivity index (χ0n) is 16.3. The highest BCUT2D eigenvalue weighted by Gasteiger charge is 2.20. The van der Waals surface area contributed by atoms with E-state index in [1.165, 1.54) is 16.3 Å². The van der Waals surface area contributed by atoms with Crippen LogP contribution in [-0.4, -0.2) is 35.7 Å². The second-order valence-electron chi connectivity index (χ2n) is 7.54. The number of thioether (sulfide) groups is 1. The fraction of sp³-hybridized carbons (Fsp3) is 0.292. The van der Waals surface area contributed by atoms with Gasteiger partial charge in [0.1, 0.15) is 0 Å². The zero-order chi connectivity index (χ0) is 20.1. The lowest BCUT2D eigenvalue weighted by Gasteiger charge is -2.32. The van der Waals surface area contributed by atoms with E-state index in [-0.39, 0.29) is 11.9 Å². The van der Waals surface area contributed by atoms with Gasteiger partial charge in [0.25, 0.3) is 0 Å². The number of fused-ring (bicyclic) bond motifs is 1. The van der Waals surface area contributed by atoms with Crippen LogP contribution in [-0.2, 0) is 11.3 Å². The van der Waals surface area contributed by atoms with Crippen molar-refractivity contribution in [1.82, 2.24) is 10.2 Å². The molecular weight excluding hydrogens is 400 g/mol. The average molecular weight is 425 g/mol. The molecule has 3 aromatic carbocycles. The maximum Gasteiger partial charge on any atom is 0.230 e. The van der Waals surface area contributed by atoms with Gasteiger partial charge in [-0.15, -0.1) is 11.8 Å². The van der Waals surface area contributed by atoms with E-state index in [9.17, 15) is 4.79 Å². The Morgan fingerprint density at radius 2 is 1.72 bits per heavy atom. The number of hydrogen-bond acceptors (Lipinski definition) is 3. The molecule has 150 valence electrons. The van der Waals surface area contributed by atoms with E-state index in [1.54, 1.807) is 11.8 Å². The number of piperidine rings is 1. The van der Waals surface area contributed by atoms with Gasteiger partial charge in [-0.1, -0.05) is 54.1 Å². The Labute approximate surface area is 181 Å². The summed E-state index contributed by atoms with van der Waals surface area (Å²) in [6.45, 7) is 2.95. The Morgan fingerprint density at radius 1 is 1.00 bits per heavy atom. The normalized spacial score (nSPS) is 15.5. The van der Waals surface area contributed by atoms with Crippen LogP contribution in [0.1, 0.15) is 18.4 Å². The molecule has 1 aliphatic heterocycles. The van der Waals surface area contributed by atoms with Crippen molar-refractivity contribution in [2.24, 2.45) is 0 Å². The molecule has 0 unspecified atom stereocenters. The molecule has 3 aromatic rings. The third-order valence-electron chi connectivity index (χ3n) is 5.36.